The Hall–Kier alpha value is -3.16. The second-order valence-corrected chi connectivity index (χ2v) is 6.58. The lowest BCUT2D eigenvalue weighted by molar-refractivity contribution is 0.0974. The number of fused-ring (bicyclic) bond motifs is 1. The molecule has 0 spiro atoms. The number of carbonyl (C=O) groups excluding carboxylic acids is 1. The van der Waals surface area contributed by atoms with Gasteiger partial charge in [-0.2, -0.15) is 4.98 Å². The van der Waals surface area contributed by atoms with Crippen molar-refractivity contribution in [3.05, 3.63) is 56.7 Å². The molecule has 8 nitrogen and oxygen atoms in total. The van der Waals surface area contributed by atoms with E-state index in [9.17, 15) is 14.4 Å². The molecule has 2 N–H and O–H groups in total. The van der Waals surface area contributed by atoms with Crippen LogP contribution < -0.4 is 16.6 Å². The number of Topliss-reactive ketones (excluding diaryl/α,β-unsaturated/α-hetero) is 1. The monoisotopic (exact) mass is 355 g/mol. The molecular formula is C18H21N5O3. The van der Waals surface area contributed by atoms with Crippen molar-refractivity contribution >= 4 is 22.9 Å². The first-order valence-corrected chi connectivity index (χ1v) is 8.40. The molecule has 0 bridgehead atoms. The Kier molecular flexibility index (Phi) is 4.75. The maximum Gasteiger partial charge on any atom is 0.329 e. The number of aromatic nitrogens is 4. The molecular weight excluding hydrogens is 334 g/mol. The molecule has 0 aliphatic rings. The number of aryl methyl sites for hydroxylation is 1. The van der Waals surface area contributed by atoms with Gasteiger partial charge in [-0.05, 0) is 5.92 Å². The Morgan fingerprint density at radius 3 is 2.58 bits per heavy atom. The van der Waals surface area contributed by atoms with Gasteiger partial charge in [0.1, 0.15) is 0 Å². The van der Waals surface area contributed by atoms with E-state index in [1.807, 2.05) is 19.9 Å². The molecule has 0 aliphatic carbocycles. The predicted molar refractivity (Wildman–Crippen MR) is 99.7 cm³/mol. The largest absolute Gasteiger partial charge is 0.355 e. The van der Waals surface area contributed by atoms with Crippen LogP contribution in [0.2, 0.25) is 0 Å². The van der Waals surface area contributed by atoms with Gasteiger partial charge in [-0.3, -0.25) is 23.7 Å². The Balaban J connectivity index is 2.13. The average molecular weight is 355 g/mol. The van der Waals surface area contributed by atoms with Crippen molar-refractivity contribution in [2.24, 2.45) is 13.0 Å². The Morgan fingerprint density at radius 2 is 1.92 bits per heavy atom. The molecule has 2 heterocycles. The summed E-state index contributed by atoms with van der Waals surface area (Å²) in [7, 11) is 1.53. The molecule has 0 radical (unpaired) electrons. The third-order valence-corrected chi connectivity index (χ3v) is 4.07. The minimum Gasteiger partial charge on any atom is -0.355 e. The second kappa shape index (κ2) is 6.99. The normalized spacial score (nSPS) is 11.2. The van der Waals surface area contributed by atoms with Crippen molar-refractivity contribution in [2.45, 2.75) is 20.4 Å². The van der Waals surface area contributed by atoms with Crippen LogP contribution in [0.5, 0.6) is 0 Å². The zero-order valence-electron chi connectivity index (χ0n) is 14.9. The fourth-order valence-electron chi connectivity index (χ4n) is 2.68. The first-order valence-electron chi connectivity index (χ1n) is 8.40. The van der Waals surface area contributed by atoms with Crippen molar-refractivity contribution in [2.75, 3.05) is 11.9 Å². The summed E-state index contributed by atoms with van der Waals surface area (Å²) in [6.07, 6.45) is 0. The molecule has 0 unspecified atom stereocenters. The molecule has 0 saturated heterocycles. The summed E-state index contributed by atoms with van der Waals surface area (Å²) >= 11 is 0. The number of aromatic amines is 1. The highest BCUT2D eigenvalue weighted by Gasteiger charge is 2.19. The molecule has 0 fully saturated rings. The quantitative estimate of drug-likeness (QED) is 0.650. The van der Waals surface area contributed by atoms with E-state index >= 15 is 0 Å². The summed E-state index contributed by atoms with van der Waals surface area (Å²) in [6.45, 7) is 4.65. The van der Waals surface area contributed by atoms with Crippen molar-refractivity contribution in [1.82, 2.24) is 19.1 Å². The van der Waals surface area contributed by atoms with Crippen LogP contribution in [0.3, 0.4) is 0 Å². The number of rotatable bonds is 6. The standard InChI is InChI=1S/C18H21N5O3/c1-11(2)9-19-17-20-15-14(16(25)21-18(26)22(15)3)23(17)10-13(24)12-7-5-4-6-8-12/h4-8,11H,9-10H2,1-3H3,(H,19,20)(H,21,25,26). The first kappa shape index (κ1) is 17.7. The smallest absolute Gasteiger partial charge is 0.329 e. The van der Waals surface area contributed by atoms with Crippen LogP contribution in [0.1, 0.15) is 24.2 Å². The number of imidazole rings is 1. The van der Waals surface area contributed by atoms with Gasteiger partial charge in [-0.25, -0.2) is 4.79 Å². The highest BCUT2D eigenvalue weighted by atomic mass is 16.2. The van der Waals surface area contributed by atoms with Crippen LogP contribution in [-0.2, 0) is 13.6 Å². The van der Waals surface area contributed by atoms with E-state index in [1.54, 1.807) is 24.3 Å². The maximum absolute atomic E-state index is 12.7. The topological polar surface area (TPSA) is 102 Å². The van der Waals surface area contributed by atoms with E-state index in [2.05, 4.69) is 15.3 Å². The van der Waals surface area contributed by atoms with Gasteiger partial charge in [-0.15, -0.1) is 0 Å². The minimum atomic E-state index is -0.561. The molecule has 0 aliphatic heterocycles. The molecule has 3 rings (SSSR count). The lowest BCUT2D eigenvalue weighted by atomic mass is 10.1. The van der Waals surface area contributed by atoms with Gasteiger partial charge in [0.15, 0.2) is 16.9 Å². The van der Waals surface area contributed by atoms with Crippen molar-refractivity contribution in [3.63, 3.8) is 0 Å². The van der Waals surface area contributed by atoms with Gasteiger partial charge in [0.2, 0.25) is 5.95 Å². The molecule has 0 amide bonds. The zero-order valence-corrected chi connectivity index (χ0v) is 14.9. The van der Waals surface area contributed by atoms with Crippen LogP contribution in [-0.4, -0.2) is 31.4 Å². The highest BCUT2D eigenvalue weighted by molar-refractivity contribution is 5.96. The van der Waals surface area contributed by atoms with Crippen LogP contribution in [0.15, 0.2) is 39.9 Å². The lowest BCUT2D eigenvalue weighted by Gasteiger charge is -2.11. The fraction of sp³-hybridized carbons (Fsp3) is 0.333. The molecule has 2 aromatic heterocycles. The number of anilines is 1. The number of nitrogens with one attached hydrogen (secondary N) is 2. The molecule has 3 aromatic rings. The van der Waals surface area contributed by atoms with Crippen LogP contribution in [0.25, 0.3) is 11.2 Å². The molecule has 0 saturated carbocycles. The van der Waals surface area contributed by atoms with Crippen LogP contribution in [0.4, 0.5) is 5.95 Å². The van der Waals surface area contributed by atoms with E-state index in [1.165, 1.54) is 16.2 Å². The zero-order chi connectivity index (χ0) is 18.8. The maximum atomic E-state index is 12.7. The molecule has 136 valence electrons. The van der Waals surface area contributed by atoms with Crippen molar-refractivity contribution in [1.29, 1.82) is 0 Å². The summed E-state index contributed by atoms with van der Waals surface area (Å²) in [5.41, 5.74) is -0.120. The van der Waals surface area contributed by atoms with Gasteiger partial charge in [0.05, 0.1) is 6.54 Å². The third-order valence-electron chi connectivity index (χ3n) is 4.07. The Bertz CT molecular complexity index is 1060. The molecule has 8 heteroatoms. The second-order valence-electron chi connectivity index (χ2n) is 6.58. The number of H-pyrrole nitrogens is 1. The van der Waals surface area contributed by atoms with Crippen molar-refractivity contribution < 1.29 is 4.79 Å². The highest BCUT2D eigenvalue weighted by Crippen LogP contribution is 2.17. The van der Waals surface area contributed by atoms with Gasteiger partial charge >= 0.3 is 5.69 Å². The average Bonchev–Trinajstić information content (AvgIpc) is 2.97. The summed E-state index contributed by atoms with van der Waals surface area (Å²) in [5.74, 6) is 0.589. The third kappa shape index (κ3) is 3.30. The van der Waals surface area contributed by atoms with E-state index in [0.29, 0.717) is 24.0 Å². The van der Waals surface area contributed by atoms with E-state index in [0.717, 1.165) is 0 Å². The number of nitrogens with zero attached hydrogens (tertiary/aromatic N) is 3. The van der Waals surface area contributed by atoms with E-state index < -0.39 is 11.2 Å². The predicted octanol–water partition coefficient (Wildman–Crippen LogP) is 1.37. The number of benzene rings is 1. The summed E-state index contributed by atoms with van der Waals surface area (Å²) < 4.78 is 2.80. The SMILES string of the molecule is CC(C)CNc1nc2c(c(=O)[nH]c(=O)n2C)n1CC(=O)c1ccccc1. The van der Waals surface area contributed by atoms with Gasteiger partial charge in [0, 0.05) is 19.2 Å². The molecule has 0 atom stereocenters. The minimum absolute atomic E-state index is 0.0533. The fourth-order valence-corrected chi connectivity index (χ4v) is 2.68. The van der Waals surface area contributed by atoms with Gasteiger partial charge in [-0.1, -0.05) is 44.2 Å². The van der Waals surface area contributed by atoms with Gasteiger partial charge in [0.25, 0.3) is 5.56 Å². The van der Waals surface area contributed by atoms with E-state index in [-0.39, 0.29) is 23.5 Å². The molecule has 26 heavy (non-hydrogen) atoms. The molecule has 1 aromatic carbocycles. The van der Waals surface area contributed by atoms with Crippen molar-refractivity contribution in [3.8, 4) is 0 Å². The van der Waals surface area contributed by atoms with Crippen LogP contribution in [0, 0.1) is 5.92 Å². The van der Waals surface area contributed by atoms with Crippen LogP contribution >= 0.6 is 0 Å². The summed E-state index contributed by atoms with van der Waals surface area (Å²) in [4.78, 5) is 43.5. The number of ketones is 1. The van der Waals surface area contributed by atoms with E-state index in [4.69, 9.17) is 0 Å². The number of hydrogen-bond donors (Lipinski definition) is 2. The number of carbonyl (C=O) groups is 1. The summed E-state index contributed by atoms with van der Waals surface area (Å²) in [6, 6.07) is 8.85. The lowest BCUT2D eigenvalue weighted by Crippen LogP contribution is -2.29. The number of hydrogen-bond acceptors (Lipinski definition) is 5. The Labute approximate surface area is 149 Å². The summed E-state index contributed by atoms with van der Waals surface area (Å²) in [5, 5.41) is 3.16. The Morgan fingerprint density at radius 1 is 1.23 bits per heavy atom. The van der Waals surface area contributed by atoms with Gasteiger partial charge < -0.3 is 5.32 Å². The first-order chi connectivity index (χ1) is 12.4.